The Hall–Kier alpha value is -3.20. The van der Waals surface area contributed by atoms with Crippen LogP contribution >= 0.6 is 11.6 Å². The Labute approximate surface area is 155 Å². The van der Waals surface area contributed by atoms with E-state index in [4.69, 9.17) is 11.6 Å². The number of hydrogen-bond acceptors (Lipinski definition) is 4. The molecule has 0 atom stereocenters. The summed E-state index contributed by atoms with van der Waals surface area (Å²) in [5, 5.41) is 4.79. The smallest absolute Gasteiger partial charge is 0.275 e. The van der Waals surface area contributed by atoms with Crippen molar-refractivity contribution in [3.63, 3.8) is 0 Å². The van der Waals surface area contributed by atoms with Crippen LogP contribution in [0.5, 0.6) is 0 Å². The predicted molar refractivity (Wildman–Crippen MR) is 91.0 cm³/mol. The van der Waals surface area contributed by atoms with Crippen LogP contribution in [-0.2, 0) is 0 Å². The third kappa shape index (κ3) is 4.14. The van der Waals surface area contributed by atoms with Crippen molar-refractivity contribution < 1.29 is 22.4 Å². The fourth-order valence-electron chi connectivity index (χ4n) is 2.04. The predicted octanol–water partition coefficient (Wildman–Crippen LogP) is 4.68. The van der Waals surface area contributed by atoms with E-state index < -0.39 is 34.9 Å². The number of aromatic nitrogens is 2. The molecule has 0 radical (unpaired) electrons. The van der Waals surface area contributed by atoms with Gasteiger partial charge in [-0.2, -0.15) is 0 Å². The van der Waals surface area contributed by atoms with E-state index in [0.29, 0.717) is 11.8 Å². The zero-order valence-corrected chi connectivity index (χ0v) is 14.0. The molecule has 0 bridgehead atoms. The molecule has 1 heterocycles. The van der Waals surface area contributed by atoms with Gasteiger partial charge in [0.05, 0.1) is 23.1 Å². The maximum absolute atomic E-state index is 13.6. The molecule has 0 spiro atoms. The van der Waals surface area contributed by atoms with Crippen LogP contribution in [0.3, 0.4) is 0 Å². The minimum absolute atomic E-state index is 0.0856. The zero-order valence-electron chi connectivity index (χ0n) is 13.2. The van der Waals surface area contributed by atoms with Crippen molar-refractivity contribution in [3.05, 3.63) is 76.7 Å². The number of halogens is 5. The molecule has 0 saturated carbocycles. The molecule has 0 aliphatic heterocycles. The summed E-state index contributed by atoms with van der Waals surface area (Å²) >= 11 is 5.67. The summed E-state index contributed by atoms with van der Waals surface area (Å²) in [5.74, 6) is -5.82. The van der Waals surface area contributed by atoms with Crippen molar-refractivity contribution >= 4 is 34.7 Å². The third-order valence-electron chi connectivity index (χ3n) is 3.36. The van der Waals surface area contributed by atoms with Gasteiger partial charge in [0.25, 0.3) is 5.91 Å². The summed E-state index contributed by atoms with van der Waals surface area (Å²) in [5.41, 5.74) is -0.289. The number of nitrogens with one attached hydrogen (secondary N) is 2. The van der Waals surface area contributed by atoms with E-state index in [1.54, 1.807) is 0 Å². The molecule has 1 amide bonds. The van der Waals surface area contributed by atoms with Crippen LogP contribution in [0.25, 0.3) is 0 Å². The van der Waals surface area contributed by atoms with E-state index in [1.165, 1.54) is 18.3 Å². The van der Waals surface area contributed by atoms with Gasteiger partial charge in [-0.3, -0.25) is 4.79 Å². The van der Waals surface area contributed by atoms with Crippen LogP contribution < -0.4 is 10.6 Å². The molecule has 2 N–H and O–H groups in total. The van der Waals surface area contributed by atoms with E-state index in [2.05, 4.69) is 20.6 Å². The number of hydrogen-bond donors (Lipinski definition) is 2. The van der Waals surface area contributed by atoms with Crippen LogP contribution in [0, 0.1) is 23.3 Å². The highest BCUT2D eigenvalue weighted by Gasteiger charge is 2.17. The quantitative estimate of drug-likeness (QED) is 0.496. The second-order valence-corrected chi connectivity index (χ2v) is 5.63. The Morgan fingerprint density at radius 3 is 2.33 bits per heavy atom. The van der Waals surface area contributed by atoms with Crippen molar-refractivity contribution in [2.75, 3.05) is 10.6 Å². The number of benzene rings is 2. The van der Waals surface area contributed by atoms with E-state index >= 15 is 0 Å². The molecule has 10 heteroatoms. The zero-order chi connectivity index (χ0) is 19.6. The van der Waals surface area contributed by atoms with E-state index in [0.717, 1.165) is 18.3 Å². The van der Waals surface area contributed by atoms with Gasteiger partial charge in [-0.15, -0.1) is 0 Å². The molecule has 5 nitrogen and oxygen atoms in total. The molecule has 0 fully saturated rings. The van der Waals surface area contributed by atoms with Gasteiger partial charge in [0.15, 0.2) is 17.5 Å². The molecule has 0 aliphatic rings. The summed E-state index contributed by atoms with van der Waals surface area (Å²) in [4.78, 5) is 19.8. The average Bonchev–Trinajstić information content (AvgIpc) is 2.66. The third-order valence-corrected chi connectivity index (χ3v) is 3.65. The molecule has 1 aromatic heterocycles. The maximum Gasteiger partial charge on any atom is 0.275 e. The normalized spacial score (nSPS) is 10.6. The summed E-state index contributed by atoms with van der Waals surface area (Å²) in [6.45, 7) is 0. The minimum Gasteiger partial charge on any atom is -0.339 e. The first-order chi connectivity index (χ1) is 12.8. The fraction of sp³-hybridized carbons (Fsp3) is 0. The highest BCUT2D eigenvalue weighted by molar-refractivity contribution is 6.31. The molecule has 0 unspecified atom stereocenters. The largest absolute Gasteiger partial charge is 0.339 e. The van der Waals surface area contributed by atoms with Crippen molar-refractivity contribution in [2.45, 2.75) is 0 Å². The lowest BCUT2D eigenvalue weighted by Gasteiger charge is -2.08. The number of amides is 1. The van der Waals surface area contributed by atoms with Crippen LogP contribution in [0.15, 0.2) is 42.7 Å². The number of rotatable bonds is 4. The minimum atomic E-state index is -1.70. The van der Waals surface area contributed by atoms with Crippen LogP contribution in [0.1, 0.15) is 10.5 Å². The molecule has 2 aromatic carbocycles. The summed E-state index contributed by atoms with van der Waals surface area (Å²) < 4.78 is 52.8. The molecule has 3 aromatic rings. The van der Waals surface area contributed by atoms with Crippen LogP contribution in [0.2, 0.25) is 5.02 Å². The van der Waals surface area contributed by atoms with Gasteiger partial charge in [-0.05, 0) is 30.3 Å². The number of nitrogens with zero attached hydrogens (tertiary/aromatic N) is 2. The monoisotopic (exact) mass is 396 g/mol. The standard InChI is InChI=1S/C17H9ClF4N4O/c18-9-5-8(1-2-10(9)19)25-14-7-23-13(6-24-14)17(27)26-12-4-3-11(20)15(21)16(12)22/h1-7H,(H,24,25)(H,26,27). The van der Waals surface area contributed by atoms with E-state index in [1.807, 2.05) is 0 Å². The number of carbonyl (C=O) groups is 1. The van der Waals surface area contributed by atoms with Gasteiger partial charge in [-0.1, -0.05) is 11.6 Å². The molecule has 0 saturated heterocycles. The Kier molecular flexibility index (Phi) is 5.22. The highest BCUT2D eigenvalue weighted by Crippen LogP contribution is 2.22. The number of anilines is 3. The van der Waals surface area contributed by atoms with Gasteiger partial charge in [0.2, 0.25) is 0 Å². The fourth-order valence-corrected chi connectivity index (χ4v) is 2.22. The molecule has 138 valence electrons. The second kappa shape index (κ2) is 7.58. The second-order valence-electron chi connectivity index (χ2n) is 5.22. The Morgan fingerprint density at radius 2 is 1.67 bits per heavy atom. The van der Waals surface area contributed by atoms with Crippen molar-refractivity contribution in [1.29, 1.82) is 0 Å². The first kappa shape index (κ1) is 18.6. The molecule has 27 heavy (non-hydrogen) atoms. The lowest BCUT2D eigenvalue weighted by molar-refractivity contribution is 0.102. The van der Waals surface area contributed by atoms with Crippen molar-refractivity contribution in [3.8, 4) is 0 Å². The SMILES string of the molecule is O=C(Nc1ccc(F)c(F)c1F)c1cnc(Nc2ccc(F)c(Cl)c2)cn1. The summed E-state index contributed by atoms with van der Waals surface area (Å²) in [6, 6.07) is 5.49. The molecule has 3 rings (SSSR count). The molecular formula is C17H9ClF4N4O. The van der Waals surface area contributed by atoms with Crippen molar-refractivity contribution in [1.82, 2.24) is 9.97 Å². The Morgan fingerprint density at radius 1 is 0.926 bits per heavy atom. The summed E-state index contributed by atoms with van der Waals surface area (Å²) in [7, 11) is 0. The first-order valence-corrected chi connectivity index (χ1v) is 7.72. The van der Waals surface area contributed by atoms with Gasteiger partial charge in [-0.25, -0.2) is 27.5 Å². The summed E-state index contributed by atoms with van der Waals surface area (Å²) in [6.07, 6.45) is 2.29. The van der Waals surface area contributed by atoms with Crippen molar-refractivity contribution in [2.24, 2.45) is 0 Å². The number of carbonyl (C=O) groups excluding carboxylic acids is 1. The van der Waals surface area contributed by atoms with Gasteiger partial charge in [0.1, 0.15) is 17.3 Å². The lowest BCUT2D eigenvalue weighted by Crippen LogP contribution is -2.16. The van der Waals surface area contributed by atoms with Gasteiger partial charge >= 0.3 is 0 Å². The first-order valence-electron chi connectivity index (χ1n) is 7.34. The van der Waals surface area contributed by atoms with Gasteiger partial charge in [0, 0.05) is 5.69 Å². The van der Waals surface area contributed by atoms with E-state index in [-0.39, 0.29) is 16.5 Å². The van der Waals surface area contributed by atoms with Crippen LogP contribution in [0.4, 0.5) is 34.8 Å². The molecule has 0 aliphatic carbocycles. The van der Waals surface area contributed by atoms with Crippen LogP contribution in [-0.4, -0.2) is 15.9 Å². The lowest BCUT2D eigenvalue weighted by atomic mass is 10.2. The maximum atomic E-state index is 13.6. The Bertz CT molecular complexity index is 1010. The van der Waals surface area contributed by atoms with Gasteiger partial charge < -0.3 is 10.6 Å². The molecular weight excluding hydrogens is 388 g/mol. The van der Waals surface area contributed by atoms with E-state index in [9.17, 15) is 22.4 Å². The average molecular weight is 397 g/mol. The Balaban J connectivity index is 1.72. The topological polar surface area (TPSA) is 66.9 Å². The highest BCUT2D eigenvalue weighted by atomic mass is 35.5.